The van der Waals surface area contributed by atoms with E-state index in [0.29, 0.717) is 4.90 Å². The van der Waals surface area contributed by atoms with E-state index in [4.69, 9.17) is 9.47 Å². The third kappa shape index (κ3) is 5.23. The van der Waals surface area contributed by atoms with Crippen LogP contribution >= 0.6 is 0 Å². The Morgan fingerprint density at radius 1 is 1.04 bits per heavy atom. The number of para-hydroxylation sites is 1. The first-order chi connectivity index (χ1) is 10.9. The van der Waals surface area contributed by atoms with Gasteiger partial charge in [-0.25, -0.2) is 14.0 Å². The smallest absolute Gasteiger partial charge is 0.424 e. The number of carbonyl (C=O) groups is 2. The third-order valence-corrected chi connectivity index (χ3v) is 2.48. The van der Waals surface area contributed by atoms with Gasteiger partial charge < -0.3 is 9.47 Å². The average Bonchev–Trinajstić information content (AvgIpc) is 2.36. The summed E-state index contributed by atoms with van der Waals surface area (Å²) in [5, 5.41) is 9.17. The number of nitrogens with zero attached hydrogens (tertiary/aromatic N) is 2. The Morgan fingerprint density at radius 2 is 1.50 bits per heavy atom. The van der Waals surface area contributed by atoms with E-state index in [1.54, 1.807) is 47.6 Å². The zero-order valence-corrected chi connectivity index (χ0v) is 14.6. The summed E-state index contributed by atoms with van der Waals surface area (Å²) in [6.07, 6.45) is -2.25. The Hall–Kier alpha value is -2.62. The van der Waals surface area contributed by atoms with Gasteiger partial charge in [-0.15, -0.1) is 0 Å². The Kier molecular flexibility index (Phi) is 5.56. The maximum atomic E-state index is 14.3. The number of anilines is 1. The summed E-state index contributed by atoms with van der Waals surface area (Å²) >= 11 is 0. The molecule has 0 N–H and O–H groups in total. The van der Waals surface area contributed by atoms with Crippen LogP contribution < -0.4 is 4.90 Å². The van der Waals surface area contributed by atoms with Crippen LogP contribution in [0.15, 0.2) is 18.2 Å². The molecule has 1 aromatic rings. The molecular formula is C17H21FN2O4. The van der Waals surface area contributed by atoms with Gasteiger partial charge in [0, 0.05) is 0 Å². The summed E-state index contributed by atoms with van der Waals surface area (Å²) in [5.41, 5.74) is -2.53. The topological polar surface area (TPSA) is 79.6 Å². The zero-order chi connectivity index (χ0) is 18.7. The second-order valence-electron chi connectivity index (χ2n) is 7.04. The quantitative estimate of drug-likeness (QED) is 0.760. The molecule has 0 saturated carbocycles. The predicted octanol–water partition coefficient (Wildman–Crippen LogP) is 4.37. The van der Waals surface area contributed by atoms with E-state index in [1.165, 1.54) is 12.1 Å². The van der Waals surface area contributed by atoms with E-state index >= 15 is 0 Å². The first kappa shape index (κ1) is 19.4. The molecule has 0 aromatic heterocycles. The first-order valence-corrected chi connectivity index (χ1v) is 7.30. The Balaban J connectivity index is 3.43. The largest absolute Gasteiger partial charge is 0.443 e. The Bertz CT molecular complexity index is 653. The summed E-state index contributed by atoms with van der Waals surface area (Å²) in [6, 6.07) is 5.39. The van der Waals surface area contributed by atoms with Crippen LogP contribution in [0, 0.1) is 17.1 Å². The zero-order valence-electron chi connectivity index (χ0n) is 14.6. The summed E-state index contributed by atoms with van der Waals surface area (Å²) in [5.74, 6) is -0.911. The van der Waals surface area contributed by atoms with Gasteiger partial charge in [-0.1, -0.05) is 6.07 Å². The summed E-state index contributed by atoms with van der Waals surface area (Å²) in [4.78, 5) is 25.3. The number of carbonyl (C=O) groups excluding carboxylic acids is 2. The molecule has 0 fully saturated rings. The van der Waals surface area contributed by atoms with Crippen LogP contribution in [-0.4, -0.2) is 23.4 Å². The molecule has 24 heavy (non-hydrogen) atoms. The number of amides is 2. The molecule has 0 aliphatic carbocycles. The molecule has 1 rings (SSSR count). The Labute approximate surface area is 140 Å². The minimum Gasteiger partial charge on any atom is -0.443 e. The molecule has 6 nitrogen and oxygen atoms in total. The van der Waals surface area contributed by atoms with E-state index in [1.807, 2.05) is 0 Å². The number of ether oxygens (including phenoxy) is 2. The molecule has 0 bridgehead atoms. The summed E-state index contributed by atoms with van der Waals surface area (Å²) < 4.78 is 24.6. The van der Waals surface area contributed by atoms with Crippen LogP contribution in [0.1, 0.15) is 47.1 Å². The molecule has 0 atom stereocenters. The van der Waals surface area contributed by atoms with Crippen molar-refractivity contribution >= 4 is 17.9 Å². The van der Waals surface area contributed by atoms with Crippen molar-refractivity contribution in [2.45, 2.75) is 52.7 Å². The normalized spacial score (nSPS) is 11.4. The molecule has 0 heterocycles. The van der Waals surface area contributed by atoms with E-state index in [2.05, 4.69) is 0 Å². The highest BCUT2D eigenvalue weighted by Crippen LogP contribution is 2.27. The number of hydrogen-bond acceptors (Lipinski definition) is 5. The van der Waals surface area contributed by atoms with Crippen LogP contribution in [-0.2, 0) is 9.47 Å². The van der Waals surface area contributed by atoms with Crippen LogP contribution in [0.3, 0.4) is 0 Å². The second kappa shape index (κ2) is 6.87. The fourth-order valence-corrected chi connectivity index (χ4v) is 1.71. The number of halogens is 1. The maximum absolute atomic E-state index is 14.3. The van der Waals surface area contributed by atoms with Crippen LogP contribution in [0.5, 0.6) is 0 Å². The maximum Gasteiger partial charge on any atom is 0.424 e. The number of nitriles is 1. The third-order valence-electron chi connectivity index (χ3n) is 2.48. The molecule has 0 spiro atoms. The minimum absolute atomic E-state index is 0.188. The van der Waals surface area contributed by atoms with Gasteiger partial charge in [-0.3, -0.25) is 0 Å². The molecule has 2 amide bonds. The monoisotopic (exact) mass is 336 g/mol. The van der Waals surface area contributed by atoms with E-state index in [9.17, 15) is 19.2 Å². The highest BCUT2D eigenvalue weighted by Gasteiger charge is 2.35. The van der Waals surface area contributed by atoms with Gasteiger partial charge in [-0.05, 0) is 53.7 Å². The fourth-order valence-electron chi connectivity index (χ4n) is 1.71. The van der Waals surface area contributed by atoms with Crippen LogP contribution in [0.25, 0.3) is 0 Å². The van der Waals surface area contributed by atoms with Crippen molar-refractivity contribution in [2.24, 2.45) is 0 Å². The van der Waals surface area contributed by atoms with Crippen molar-refractivity contribution in [2.75, 3.05) is 4.90 Å². The minimum atomic E-state index is -1.13. The molecule has 7 heteroatoms. The second-order valence-corrected chi connectivity index (χ2v) is 7.04. The lowest BCUT2D eigenvalue weighted by atomic mass is 10.1. The van der Waals surface area contributed by atoms with Crippen molar-refractivity contribution in [3.63, 3.8) is 0 Å². The van der Waals surface area contributed by atoms with Gasteiger partial charge in [0.15, 0.2) is 0 Å². The number of hydrogen-bond donors (Lipinski definition) is 0. The number of benzene rings is 1. The van der Waals surface area contributed by atoms with E-state index < -0.39 is 34.9 Å². The van der Waals surface area contributed by atoms with Crippen molar-refractivity contribution in [1.82, 2.24) is 0 Å². The molecule has 130 valence electrons. The Morgan fingerprint density at radius 3 is 1.88 bits per heavy atom. The molecule has 0 radical (unpaired) electrons. The fraction of sp³-hybridized carbons (Fsp3) is 0.471. The summed E-state index contributed by atoms with van der Waals surface area (Å²) in [6.45, 7) is 9.61. The lowest BCUT2D eigenvalue weighted by Crippen LogP contribution is -2.44. The molecule has 0 aliphatic heterocycles. The number of rotatable bonds is 1. The van der Waals surface area contributed by atoms with Gasteiger partial charge in [0.1, 0.15) is 28.8 Å². The molecular weight excluding hydrogens is 315 g/mol. The van der Waals surface area contributed by atoms with Gasteiger partial charge in [0.25, 0.3) is 0 Å². The van der Waals surface area contributed by atoms with E-state index in [-0.39, 0.29) is 5.56 Å². The van der Waals surface area contributed by atoms with Crippen molar-refractivity contribution in [3.8, 4) is 6.07 Å². The summed E-state index contributed by atoms with van der Waals surface area (Å²) in [7, 11) is 0. The molecule has 0 aliphatic rings. The number of imide groups is 1. The van der Waals surface area contributed by atoms with Crippen molar-refractivity contribution in [3.05, 3.63) is 29.6 Å². The highest BCUT2D eigenvalue weighted by molar-refractivity contribution is 6.10. The lowest BCUT2D eigenvalue weighted by Gasteiger charge is -2.29. The highest BCUT2D eigenvalue weighted by atomic mass is 19.1. The van der Waals surface area contributed by atoms with Crippen LogP contribution in [0.2, 0.25) is 0 Å². The predicted molar refractivity (Wildman–Crippen MR) is 86.1 cm³/mol. The van der Waals surface area contributed by atoms with Gasteiger partial charge in [0.2, 0.25) is 0 Å². The lowest BCUT2D eigenvalue weighted by molar-refractivity contribution is 0.0428. The molecule has 0 saturated heterocycles. The van der Waals surface area contributed by atoms with Gasteiger partial charge in [0.05, 0.1) is 5.56 Å². The van der Waals surface area contributed by atoms with Gasteiger partial charge in [-0.2, -0.15) is 10.2 Å². The van der Waals surface area contributed by atoms with Crippen molar-refractivity contribution < 1.29 is 23.5 Å². The molecule has 1 aromatic carbocycles. The van der Waals surface area contributed by atoms with Crippen LogP contribution in [0.4, 0.5) is 19.7 Å². The van der Waals surface area contributed by atoms with E-state index in [0.717, 1.165) is 6.07 Å². The average molecular weight is 336 g/mol. The first-order valence-electron chi connectivity index (χ1n) is 7.30. The van der Waals surface area contributed by atoms with Crippen molar-refractivity contribution in [1.29, 1.82) is 5.26 Å². The SMILES string of the molecule is CC(C)(C)OC(=O)N(C(=O)OC(C)(C)C)c1c(F)cccc1C#N. The van der Waals surface area contributed by atoms with Gasteiger partial charge >= 0.3 is 12.2 Å². The molecule has 0 unspecified atom stereocenters. The standard InChI is InChI=1S/C17H21FN2O4/c1-16(2,3)23-14(21)20(15(22)24-17(4,5)6)13-11(10-19)8-7-9-12(13)18/h7-9H,1-6H3.